The average Bonchev–Trinajstić information content (AvgIpc) is 2.41. The molecule has 2 aromatic rings. The molecule has 0 saturated heterocycles. The summed E-state index contributed by atoms with van der Waals surface area (Å²) < 4.78 is 6.61. The summed E-state index contributed by atoms with van der Waals surface area (Å²) in [5.41, 5.74) is 0.426. The van der Waals surface area contributed by atoms with Crippen molar-refractivity contribution in [2.24, 2.45) is 0 Å². The molecule has 0 aliphatic rings. The molecule has 5 nitrogen and oxygen atoms in total. The molecule has 1 amide bonds. The van der Waals surface area contributed by atoms with Gasteiger partial charge in [0.2, 0.25) is 0 Å². The van der Waals surface area contributed by atoms with E-state index in [0.717, 1.165) is 4.47 Å². The van der Waals surface area contributed by atoms with Crippen molar-refractivity contribution >= 4 is 43.6 Å². The maximum Gasteiger partial charge on any atom is 0.260 e. The van der Waals surface area contributed by atoms with E-state index in [4.69, 9.17) is 4.74 Å². The Kier molecular flexibility index (Phi) is 4.49. The van der Waals surface area contributed by atoms with Gasteiger partial charge in [-0.2, -0.15) is 0 Å². The Morgan fingerprint density at radius 1 is 1.26 bits per heavy atom. The minimum atomic E-state index is -0.305. The summed E-state index contributed by atoms with van der Waals surface area (Å²) in [4.78, 5) is 20.1. The number of halogens is 2. The number of carbonyl (C=O) groups excluding carboxylic acids is 1. The molecule has 1 N–H and O–H groups in total. The van der Waals surface area contributed by atoms with E-state index < -0.39 is 0 Å². The third-order valence-corrected chi connectivity index (χ3v) is 3.17. The molecule has 0 aliphatic heterocycles. The van der Waals surface area contributed by atoms with Crippen LogP contribution in [0.15, 0.2) is 39.7 Å². The molecule has 0 radical (unpaired) electrons. The number of hydrogen-bond donors (Lipinski definition) is 1. The van der Waals surface area contributed by atoms with Crippen LogP contribution < -0.4 is 10.1 Å². The highest BCUT2D eigenvalue weighted by atomic mass is 79.9. The largest absolute Gasteiger partial charge is 0.496 e. The molecule has 0 fully saturated rings. The van der Waals surface area contributed by atoms with Crippen molar-refractivity contribution < 1.29 is 9.53 Å². The van der Waals surface area contributed by atoms with E-state index in [1.807, 2.05) is 0 Å². The van der Waals surface area contributed by atoms with E-state index in [1.54, 1.807) is 18.2 Å². The minimum Gasteiger partial charge on any atom is -0.496 e. The van der Waals surface area contributed by atoms with Crippen molar-refractivity contribution in [1.82, 2.24) is 9.97 Å². The van der Waals surface area contributed by atoms with Crippen molar-refractivity contribution in [1.29, 1.82) is 0 Å². The van der Waals surface area contributed by atoms with Crippen LogP contribution in [0.4, 0.5) is 5.82 Å². The fourth-order valence-corrected chi connectivity index (χ4v) is 1.96. The number of rotatable bonds is 3. The van der Waals surface area contributed by atoms with Crippen LogP contribution in [-0.2, 0) is 0 Å². The van der Waals surface area contributed by atoms with Crippen LogP contribution >= 0.6 is 31.9 Å². The molecule has 0 saturated carbocycles. The van der Waals surface area contributed by atoms with Gasteiger partial charge in [0.25, 0.3) is 5.91 Å². The van der Waals surface area contributed by atoms with E-state index in [2.05, 4.69) is 47.1 Å². The highest BCUT2D eigenvalue weighted by molar-refractivity contribution is 9.10. The van der Waals surface area contributed by atoms with E-state index in [-0.39, 0.29) is 5.91 Å². The lowest BCUT2D eigenvalue weighted by Gasteiger charge is -2.09. The van der Waals surface area contributed by atoms with E-state index in [1.165, 1.54) is 19.5 Å². The summed E-state index contributed by atoms with van der Waals surface area (Å²) in [6, 6.07) is 5.16. The van der Waals surface area contributed by atoms with Crippen molar-refractivity contribution in [2.75, 3.05) is 12.4 Å². The quantitative estimate of drug-likeness (QED) is 0.879. The number of methoxy groups -OCH3 is 1. The monoisotopic (exact) mass is 385 g/mol. The molecular weight excluding hydrogens is 378 g/mol. The molecule has 0 unspecified atom stereocenters. The molecule has 7 heteroatoms. The molecule has 1 heterocycles. The molecule has 1 aromatic carbocycles. The Morgan fingerprint density at radius 2 is 2.05 bits per heavy atom. The Morgan fingerprint density at radius 3 is 2.68 bits per heavy atom. The van der Waals surface area contributed by atoms with Gasteiger partial charge >= 0.3 is 0 Å². The first-order valence-corrected chi connectivity index (χ1v) is 6.81. The Labute approximate surface area is 126 Å². The summed E-state index contributed by atoms with van der Waals surface area (Å²) in [5, 5.41) is 2.65. The van der Waals surface area contributed by atoms with E-state index >= 15 is 0 Å². The number of ether oxygens (including phenoxy) is 1. The highest BCUT2D eigenvalue weighted by Crippen LogP contribution is 2.24. The summed E-state index contributed by atoms with van der Waals surface area (Å²) in [6.45, 7) is 0. The van der Waals surface area contributed by atoms with Crippen LogP contribution in [0.5, 0.6) is 5.75 Å². The van der Waals surface area contributed by atoms with E-state index in [0.29, 0.717) is 21.7 Å². The number of nitrogens with zero attached hydrogens (tertiary/aromatic N) is 2. The van der Waals surface area contributed by atoms with Gasteiger partial charge < -0.3 is 10.1 Å². The number of anilines is 1. The van der Waals surface area contributed by atoms with E-state index in [9.17, 15) is 4.79 Å². The first-order chi connectivity index (χ1) is 9.10. The number of nitrogens with one attached hydrogen (secondary N) is 1. The van der Waals surface area contributed by atoms with Gasteiger partial charge in [-0.1, -0.05) is 15.9 Å². The standard InChI is InChI=1S/C12H9Br2N3O2/c1-19-9-4-7(13)2-3-8(9)12(18)17-11-6-15-10(14)5-16-11/h2-6H,1H3,(H,16,17,18). The number of hydrogen-bond acceptors (Lipinski definition) is 4. The van der Waals surface area contributed by atoms with Crippen LogP contribution in [0.25, 0.3) is 0 Å². The van der Waals surface area contributed by atoms with Gasteiger partial charge in [-0.05, 0) is 34.1 Å². The van der Waals surface area contributed by atoms with Crippen LogP contribution in [0, 0.1) is 0 Å². The predicted octanol–water partition coefficient (Wildman–Crippen LogP) is 3.26. The zero-order chi connectivity index (χ0) is 13.8. The lowest BCUT2D eigenvalue weighted by atomic mass is 10.2. The molecule has 0 bridgehead atoms. The Hall–Kier alpha value is -1.47. The number of carbonyl (C=O) groups is 1. The smallest absolute Gasteiger partial charge is 0.260 e. The second-order valence-electron chi connectivity index (χ2n) is 3.52. The van der Waals surface area contributed by atoms with Crippen LogP contribution in [0.1, 0.15) is 10.4 Å². The molecule has 0 aliphatic carbocycles. The lowest BCUT2D eigenvalue weighted by Crippen LogP contribution is -2.14. The second kappa shape index (κ2) is 6.12. The van der Waals surface area contributed by atoms with Gasteiger partial charge in [-0.15, -0.1) is 0 Å². The van der Waals surface area contributed by atoms with Crippen LogP contribution in [-0.4, -0.2) is 23.0 Å². The maximum atomic E-state index is 12.1. The molecular formula is C12H9Br2N3O2. The molecule has 0 atom stereocenters. The Balaban J connectivity index is 2.22. The number of amides is 1. The lowest BCUT2D eigenvalue weighted by molar-refractivity contribution is 0.102. The van der Waals surface area contributed by atoms with Crippen molar-refractivity contribution in [3.05, 3.63) is 45.2 Å². The first-order valence-electron chi connectivity index (χ1n) is 5.22. The number of aromatic nitrogens is 2. The predicted molar refractivity (Wildman–Crippen MR) is 78.4 cm³/mol. The zero-order valence-electron chi connectivity index (χ0n) is 9.85. The first kappa shape index (κ1) is 14.0. The minimum absolute atomic E-state index is 0.305. The van der Waals surface area contributed by atoms with Crippen molar-refractivity contribution in [3.63, 3.8) is 0 Å². The third-order valence-electron chi connectivity index (χ3n) is 2.27. The number of benzene rings is 1. The van der Waals surface area contributed by atoms with Gasteiger partial charge in [0.05, 0.1) is 25.1 Å². The summed E-state index contributed by atoms with van der Waals surface area (Å²) in [5.74, 6) is 0.552. The fourth-order valence-electron chi connectivity index (χ4n) is 1.41. The van der Waals surface area contributed by atoms with Crippen LogP contribution in [0.3, 0.4) is 0 Å². The highest BCUT2D eigenvalue weighted by Gasteiger charge is 2.13. The van der Waals surface area contributed by atoms with Gasteiger partial charge in [0.1, 0.15) is 10.4 Å². The summed E-state index contributed by atoms with van der Waals surface area (Å²) in [6.07, 6.45) is 2.97. The molecule has 98 valence electrons. The topological polar surface area (TPSA) is 64.1 Å². The average molecular weight is 387 g/mol. The SMILES string of the molecule is COc1cc(Br)ccc1C(=O)Nc1cnc(Br)cn1. The van der Waals surface area contributed by atoms with Gasteiger partial charge in [0.15, 0.2) is 5.82 Å². The Bertz CT molecular complexity index is 602. The summed E-state index contributed by atoms with van der Waals surface area (Å²) in [7, 11) is 1.51. The summed E-state index contributed by atoms with van der Waals surface area (Å²) >= 11 is 6.50. The van der Waals surface area contributed by atoms with Gasteiger partial charge in [-0.3, -0.25) is 4.79 Å². The molecule has 0 spiro atoms. The fraction of sp³-hybridized carbons (Fsp3) is 0.0833. The van der Waals surface area contributed by atoms with Crippen LogP contribution in [0.2, 0.25) is 0 Å². The van der Waals surface area contributed by atoms with Gasteiger partial charge in [0, 0.05) is 4.47 Å². The van der Waals surface area contributed by atoms with Gasteiger partial charge in [-0.25, -0.2) is 9.97 Å². The van der Waals surface area contributed by atoms with Crippen molar-refractivity contribution in [3.8, 4) is 5.75 Å². The molecule has 2 rings (SSSR count). The maximum absolute atomic E-state index is 12.1. The normalized spacial score (nSPS) is 10.1. The third kappa shape index (κ3) is 3.51. The zero-order valence-corrected chi connectivity index (χ0v) is 13.0. The van der Waals surface area contributed by atoms with Crippen molar-refractivity contribution in [2.45, 2.75) is 0 Å². The molecule has 1 aromatic heterocycles. The molecule has 19 heavy (non-hydrogen) atoms. The second-order valence-corrected chi connectivity index (χ2v) is 5.25.